The van der Waals surface area contributed by atoms with Gasteiger partial charge in [-0.15, -0.1) is 0 Å². The van der Waals surface area contributed by atoms with Crippen molar-refractivity contribution in [1.82, 2.24) is 58.8 Å². The van der Waals surface area contributed by atoms with Crippen molar-refractivity contribution in [3.8, 4) is 11.4 Å². The average molecular weight is 1110 g/mol. The third kappa shape index (κ3) is 12.5. The summed E-state index contributed by atoms with van der Waals surface area (Å²) in [7, 11) is 4.31. The van der Waals surface area contributed by atoms with Crippen LogP contribution in [0.15, 0.2) is 97.7 Å². The monoisotopic (exact) mass is 1100 g/mol. The van der Waals surface area contributed by atoms with Crippen molar-refractivity contribution in [3.05, 3.63) is 146 Å². The highest BCUT2D eigenvalue weighted by Crippen LogP contribution is 2.28. The molecule has 0 amide bonds. The van der Waals surface area contributed by atoms with Crippen molar-refractivity contribution in [2.24, 2.45) is 0 Å². The molecule has 8 aromatic rings. The van der Waals surface area contributed by atoms with E-state index in [0.717, 1.165) is 78.4 Å². The summed E-state index contributed by atoms with van der Waals surface area (Å²) in [5.74, 6) is 0.245. The minimum absolute atomic E-state index is 0. The lowest BCUT2D eigenvalue weighted by molar-refractivity contribution is 0.312. The van der Waals surface area contributed by atoms with Gasteiger partial charge in [0.25, 0.3) is 11.1 Å². The van der Waals surface area contributed by atoms with Crippen molar-refractivity contribution >= 4 is 109 Å². The Balaban J connectivity index is 0.000000196. The fraction of sp³-hybridized carbons (Fsp3) is 0.306. The van der Waals surface area contributed by atoms with E-state index in [1.807, 2.05) is 24.3 Å². The molecule has 0 spiro atoms. The quantitative estimate of drug-likeness (QED) is 0.0524. The second-order valence-corrected chi connectivity index (χ2v) is 19.1. The Morgan fingerprint density at radius 3 is 1.53 bits per heavy atom. The number of hydrogen-bond donors (Lipinski definition) is 4. The van der Waals surface area contributed by atoms with Crippen molar-refractivity contribution < 1.29 is 0 Å². The largest absolute Gasteiger partial charge is 0.399 e. The Morgan fingerprint density at radius 2 is 1.07 bits per heavy atom. The van der Waals surface area contributed by atoms with Gasteiger partial charge in [0.1, 0.15) is 22.1 Å². The Morgan fingerprint density at radius 1 is 0.608 bits per heavy atom. The maximum Gasteiger partial charge on any atom is 0.334 e. The van der Waals surface area contributed by atoms with Crippen LogP contribution in [0.5, 0.6) is 0 Å². The number of nitrogens with two attached hydrogens (primary N) is 1. The van der Waals surface area contributed by atoms with Crippen LogP contribution >= 0.6 is 58.2 Å². The summed E-state index contributed by atoms with van der Waals surface area (Å²) in [6.45, 7) is 12.7. The lowest BCUT2D eigenvalue weighted by Gasteiger charge is -2.35. The number of nitrogen functional groups attached to an aromatic ring is 1. The number of benzene rings is 2. The topological polar surface area (TPSA) is 238 Å². The standard InChI is InChI=1S/C23H22Cl2N8O2.C12H7Cl2N5O2S.C12H19N3.2CH4/c1-13-11-14(3-4-17(13)32-9-7-31(2)8-10-32)28-22-27-12-15-20(29-22)30-23(35)33(21(15)34)18-16(24)5-6-26-19(18)25;1-22-11-16-4-5-9(17-11)18-12(21)19(10(5)20)7-6(13)2-3-15-8(7)14;1-10-9-11(13)3-4-12(10)15-7-5-14(2)6-8-15;;/h3-6,11-12H,7-10H2,1-2H3,(H2,27,28,29,30,35);2-4H,1H3,(H,16,17,18,21);3-4,9H,5-8,13H2,1-2H3;2*1H4. The molecule has 10 rings (SSSR count). The molecule has 0 bridgehead atoms. The lowest BCUT2D eigenvalue weighted by atomic mass is 10.1. The Hall–Kier alpha value is -6.59. The predicted molar refractivity (Wildman–Crippen MR) is 302 cm³/mol. The molecule has 2 saturated heterocycles. The minimum Gasteiger partial charge on any atom is -0.399 e. The van der Waals surface area contributed by atoms with Gasteiger partial charge in [-0.3, -0.25) is 19.6 Å². The molecule has 8 heterocycles. The number of fused-ring (bicyclic) bond motifs is 2. The summed E-state index contributed by atoms with van der Waals surface area (Å²) in [5, 5.41) is 3.96. The number of nitrogens with one attached hydrogen (secondary N) is 3. The smallest absolute Gasteiger partial charge is 0.334 e. The number of rotatable bonds is 7. The maximum absolute atomic E-state index is 13.1. The highest BCUT2D eigenvalue weighted by molar-refractivity contribution is 7.98. The van der Waals surface area contributed by atoms with E-state index in [-0.39, 0.29) is 74.6 Å². The first-order valence-corrected chi connectivity index (χ1v) is 25.0. The van der Waals surface area contributed by atoms with E-state index in [4.69, 9.17) is 52.1 Å². The Labute approximate surface area is 450 Å². The number of aromatic nitrogens is 10. The van der Waals surface area contributed by atoms with E-state index < -0.39 is 22.5 Å². The van der Waals surface area contributed by atoms with Gasteiger partial charge in [0.15, 0.2) is 26.8 Å². The molecule has 390 valence electrons. The van der Waals surface area contributed by atoms with Crippen LogP contribution in [-0.2, 0) is 0 Å². The molecule has 74 heavy (non-hydrogen) atoms. The van der Waals surface area contributed by atoms with Gasteiger partial charge in [-0.2, -0.15) is 4.98 Å². The van der Waals surface area contributed by atoms with Crippen LogP contribution in [0.4, 0.5) is 28.7 Å². The van der Waals surface area contributed by atoms with Crippen molar-refractivity contribution in [1.29, 1.82) is 0 Å². The summed E-state index contributed by atoms with van der Waals surface area (Å²) in [6, 6.07) is 15.1. The van der Waals surface area contributed by atoms with Gasteiger partial charge in [0.05, 0.1) is 10.0 Å². The van der Waals surface area contributed by atoms with Crippen LogP contribution in [-0.4, -0.2) is 132 Å². The number of likely N-dealkylation sites (N-methyl/N-ethyl adjacent to an activating group) is 2. The van der Waals surface area contributed by atoms with Crippen molar-refractivity contribution in [2.45, 2.75) is 33.9 Å². The fourth-order valence-corrected chi connectivity index (χ4v) is 9.50. The minimum atomic E-state index is -0.740. The van der Waals surface area contributed by atoms with E-state index in [0.29, 0.717) is 5.16 Å². The molecule has 20 nitrogen and oxygen atoms in total. The lowest BCUT2D eigenvalue weighted by Crippen LogP contribution is -2.44. The van der Waals surface area contributed by atoms with Crippen molar-refractivity contribution in [3.63, 3.8) is 0 Å². The van der Waals surface area contributed by atoms with Gasteiger partial charge in [-0.25, -0.2) is 43.6 Å². The number of thioether (sulfide) groups is 1. The summed E-state index contributed by atoms with van der Waals surface area (Å²) in [5.41, 5.74) is 9.88. The van der Waals surface area contributed by atoms with Gasteiger partial charge >= 0.3 is 11.4 Å². The first kappa shape index (κ1) is 56.7. The zero-order valence-electron chi connectivity index (χ0n) is 39.6. The molecule has 0 aliphatic carbocycles. The number of aromatic amines is 2. The first-order chi connectivity index (χ1) is 34.5. The number of halogens is 4. The molecule has 25 heteroatoms. The van der Waals surface area contributed by atoms with E-state index in [1.165, 1.54) is 65.6 Å². The number of nitrogens with zero attached hydrogens (tertiary/aromatic N) is 12. The average Bonchev–Trinajstić information content (AvgIpc) is 3.34. The molecule has 0 atom stereocenters. The summed E-state index contributed by atoms with van der Waals surface area (Å²) in [4.78, 5) is 89.7. The molecule has 0 radical (unpaired) electrons. The van der Waals surface area contributed by atoms with Gasteiger partial charge in [0.2, 0.25) is 5.95 Å². The van der Waals surface area contributed by atoms with Crippen LogP contribution < -0.4 is 43.3 Å². The van der Waals surface area contributed by atoms with Crippen LogP contribution in [0.2, 0.25) is 20.4 Å². The SMILES string of the molecule is C.C.CSc1ncc2c(=O)n(-c3c(Cl)ccnc3Cl)c(=O)[nH]c2n1.Cc1cc(N)ccc1N1CCN(C)CC1.Cc1cc(Nc2ncc3c(=O)n(-c4c(Cl)ccnc4Cl)c(=O)[nH]c3n2)ccc1N1CCN(C)CC1. The van der Waals surface area contributed by atoms with Gasteiger partial charge < -0.3 is 30.7 Å². The Kier molecular flexibility index (Phi) is 18.9. The van der Waals surface area contributed by atoms with E-state index in [2.05, 4.69) is 105 Å². The van der Waals surface area contributed by atoms with E-state index in [1.54, 1.807) is 6.26 Å². The first-order valence-electron chi connectivity index (χ1n) is 22.3. The summed E-state index contributed by atoms with van der Waals surface area (Å²) in [6.07, 6.45) is 7.25. The van der Waals surface area contributed by atoms with Crippen LogP contribution in [0.1, 0.15) is 26.0 Å². The van der Waals surface area contributed by atoms with Crippen LogP contribution in [0, 0.1) is 13.8 Å². The second-order valence-electron chi connectivity index (χ2n) is 16.8. The highest BCUT2D eigenvalue weighted by Gasteiger charge is 2.21. The third-order valence-corrected chi connectivity index (χ3v) is 13.7. The predicted octanol–water partition coefficient (Wildman–Crippen LogP) is 7.47. The molecular formula is C49H56Cl4N16O4S. The zero-order valence-corrected chi connectivity index (χ0v) is 43.4. The van der Waals surface area contributed by atoms with Gasteiger partial charge in [-0.1, -0.05) is 73.0 Å². The summed E-state index contributed by atoms with van der Waals surface area (Å²) < 4.78 is 1.65. The molecule has 0 unspecified atom stereocenters. The highest BCUT2D eigenvalue weighted by atomic mass is 35.5. The Bertz CT molecular complexity index is 3520. The molecule has 2 aliphatic rings. The van der Waals surface area contributed by atoms with Crippen molar-refractivity contribution in [2.75, 3.05) is 93.6 Å². The normalized spacial score (nSPS) is 13.8. The zero-order chi connectivity index (χ0) is 51.4. The molecule has 0 saturated carbocycles. The third-order valence-electron chi connectivity index (χ3n) is 11.9. The van der Waals surface area contributed by atoms with E-state index in [9.17, 15) is 19.2 Å². The number of aryl methyl sites for hydroxylation is 2. The fourth-order valence-electron chi connectivity index (χ4n) is 8.11. The number of H-pyrrole nitrogens is 2. The molecule has 2 aromatic carbocycles. The summed E-state index contributed by atoms with van der Waals surface area (Å²) >= 11 is 25.6. The maximum atomic E-state index is 13.1. The van der Waals surface area contributed by atoms with Crippen LogP contribution in [0.3, 0.4) is 0 Å². The van der Waals surface area contributed by atoms with Gasteiger partial charge in [-0.05, 0) is 93.9 Å². The van der Waals surface area contributed by atoms with Crippen LogP contribution in [0.25, 0.3) is 33.4 Å². The number of pyridine rings is 2. The molecule has 2 fully saturated rings. The molecule has 5 N–H and O–H groups in total. The second kappa shape index (κ2) is 24.6. The van der Waals surface area contributed by atoms with E-state index >= 15 is 0 Å². The molecule has 2 aliphatic heterocycles. The molecule has 6 aromatic heterocycles. The number of anilines is 5. The molecular weight excluding hydrogens is 1050 g/mol. The van der Waals surface area contributed by atoms with Gasteiger partial charge in [0, 0.05) is 99.9 Å². The number of hydrogen-bond acceptors (Lipinski definition) is 17. The number of piperazine rings is 2.